The van der Waals surface area contributed by atoms with E-state index < -0.39 is 11.7 Å². The molecule has 0 saturated carbocycles. The van der Waals surface area contributed by atoms with E-state index in [9.17, 15) is 9.18 Å². The number of thiophene rings is 1. The second-order valence-corrected chi connectivity index (χ2v) is 6.58. The van der Waals surface area contributed by atoms with E-state index >= 15 is 0 Å². The van der Waals surface area contributed by atoms with Gasteiger partial charge in [0.1, 0.15) is 15.5 Å². The summed E-state index contributed by atoms with van der Waals surface area (Å²) in [6.45, 7) is 0. The molecule has 0 bridgehead atoms. The van der Waals surface area contributed by atoms with Gasteiger partial charge in [-0.1, -0.05) is 12.1 Å². The van der Waals surface area contributed by atoms with Crippen LogP contribution in [0.15, 0.2) is 30.3 Å². The smallest absolute Gasteiger partial charge is 0.268 e. The Morgan fingerprint density at radius 1 is 1.30 bits per heavy atom. The van der Waals surface area contributed by atoms with E-state index in [0.717, 1.165) is 35.2 Å². The third-order valence-electron chi connectivity index (χ3n) is 4.08. The van der Waals surface area contributed by atoms with Gasteiger partial charge in [0.15, 0.2) is 0 Å². The molecule has 3 aromatic rings. The number of nitrogens with two attached hydrogens (primary N) is 1. The number of rotatable bonds is 2. The second kappa shape index (κ2) is 5.31. The van der Waals surface area contributed by atoms with Crippen LogP contribution in [0.4, 0.5) is 15.8 Å². The molecule has 1 aliphatic carbocycles. The number of aryl methyl sites for hydroxylation is 2. The number of nitrogens with zero attached hydrogens (tertiary/aromatic N) is 1. The highest BCUT2D eigenvalue weighted by Crippen LogP contribution is 2.36. The number of amides is 1. The first-order valence-electron chi connectivity index (χ1n) is 7.40. The minimum atomic E-state index is -0.474. The Balaban J connectivity index is 1.73. The number of pyridine rings is 1. The van der Waals surface area contributed by atoms with E-state index in [0.29, 0.717) is 10.6 Å². The van der Waals surface area contributed by atoms with Crippen LogP contribution >= 0.6 is 11.3 Å². The highest BCUT2D eigenvalue weighted by Gasteiger charge is 2.21. The summed E-state index contributed by atoms with van der Waals surface area (Å²) in [6, 6.07) is 8.10. The van der Waals surface area contributed by atoms with Crippen molar-refractivity contribution < 1.29 is 9.18 Å². The maximum absolute atomic E-state index is 13.7. The molecule has 0 aliphatic heterocycles. The Kier molecular flexibility index (Phi) is 3.27. The number of para-hydroxylation sites is 1. The molecule has 3 N–H and O–H groups in total. The monoisotopic (exact) mass is 327 g/mol. The van der Waals surface area contributed by atoms with E-state index in [1.54, 1.807) is 12.1 Å². The van der Waals surface area contributed by atoms with Crippen LogP contribution in [0, 0.1) is 5.82 Å². The summed E-state index contributed by atoms with van der Waals surface area (Å²) in [4.78, 5) is 18.2. The summed E-state index contributed by atoms with van der Waals surface area (Å²) in [5, 5.41) is 3.39. The third kappa shape index (κ3) is 2.35. The average molecular weight is 327 g/mol. The van der Waals surface area contributed by atoms with Crippen LogP contribution < -0.4 is 11.1 Å². The Labute approximate surface area is 136 Å². The Hall–Kier alpha value is -2.47. The SMILES string of the molecule is Nc1c(C(=O)Nc2ccccc2F)sc2nc3c(cc12)CCC3. The second-order valence-electron chi connectivity index (χ2n) is 5.58. The summed E-state index contributed by atoms with van der Waals surface area (Å²) >= 11 is 1.25. The molecule has 1 aromatic carbocycles. The zero-order valence-electron chi connectivity index (χ0n) is 12.2. The van der Waals surface area contributed by atoms with Crippen molar-refractivity contribution in [3.8, 4) is 0 Å². The number of anilines is 2. The predicted molar refractivity (Wildman–Crippen MR) is 90.4 cm³/mol. The highest BCUT2D eigenvalue weighted by molar-refractivity contribution is 7.21. The van der Waals surface area contributed by atoms with Crippen molar-refractivity contribution in [1.29, 1.82) is 0 Å². The van der Waals surface area contributed by atoms with E-state index in [4.69, 9.17) is 5.73 Å². The topological polar surface area (TPSA) is 68.0 Å². The predicted octanol–water partition coefficient (Wildman–Crippen LogP) is 3.76. The normalized spacial score (nSPS) is 13.3. The van der Waals surface area contributed by atoms with Crippen molar-refractivity contribution in [2.45, 2.75) is 19.3 Å². The maximum Gasteiger partial charge on any atom is 0.268 e. The van der Waals surface area contributed by atoms with Gasteiger partial charge in [-0.25, -0.2) is 9.37 Å². The Morgan fingerprint density at radius 2 is 2.13 bits per heavy atom. The first kappa shape index (κ1) is 14.1. The van der Waals surface area contributed by atoms with Crippen molar-refractivity contribution in [2.75, 3.05) is 11.1 Å². The van der Waals surface area contributed by atoms with Gasteiger partial charge in [0.2, 0.25) is 0 Å². The molecule has 0 atom stereocenters. The van der Waals surface area contributed by atoms with Crippen molar-refractivity contribution in [2.24, 2.45) is 0 Å². The zero-order valence-corrected chi connectivity index (χ0v) is 13.0. The van der Waals surface area contributed by atoms with Crippen LogP contribution in [0.1, 0.15) is 27.3 Å². The molecule has 0 fully saturated rings. The van der Waals surface area contributed by atoms with Crippen LogP contribution in [-0.4, -0.2) is 10.9 Å². The average Bonchev–Trinajstić information content (AvgIpc) is 3.12. The van der Waals surface area contributed by atoms with Crippen molar-refractivity contribution in [3.63, 3.8) is 0 Å². The van der Waals surface area contributed by atoms with Crippen LogP contribution in [-0.2, 0) is 12.8 Å². The molecule has 1 aliphatic rings. The van der Waals surface area contributed by atoms with Crippen LogP contribution in [0.5, 0.6) is 0 Å². The largest absolute Gasteiger partial charge is 0.397 e. The molecular weight excluding hydrogens is 313 g/mol. The van der Waals surface area contributed by atoms with Crippen molar-refractivity contribution >= 4 is 38.8 Å². The number of benzene rings is 1. The molecule has 23 heavy (non-hydrogen) atoms. The number of hydrogen-bond acceptors (Lipinski definition) is 4. The molecule has 1 amide bonds. The molecule has 2 aromatic heterocycles. The fourth-order valence-electron chi connectivity index (χ4n) is 2.91. The number of aromatic nitrogens is 1. The standard InChI is InChI=1S/C17H14FN3OS/c18-11-5-1-2-6-13(11)20-16(22)15-14(19)10-8-9-4-3-7-12(9)21-17(10)23-15/h1-2,5-6,8H,3-4,7,19H2,(H,20,22). The van der Waals surface area contributed by atoms with Crippen molar-refractivity contribution in [3.05, 3.63) is 52.3 Å². The Bertz CT molecular complexity index is 935. The number of halogens is 1. The lowest BCUT2D eigenvalue weighted by atomic mass is 10.1. The molecule has 0 unspecified atom stereocenters. The lowest BCUT2D eigenvalue weighted by Crippen LogP contribution is -2.12. The first-order chi connectivity index (χ1) is 11.1. The molecular formula is C17H14FN3OS. The van der Waals surface area contributed by atoms with Gasteiger partial charge in [0.05, 0.1) is 11.4 Å². The fraction of sp³-hybridized carbons (Fsp3) is 0.176. The van der Waals surface area contributed by atoms with Gasteiger partial charge in [-0.2, -0.15) is 0 Å². The summed E-state index contributed by atoms with van der Waals surface area (Å²) in [5.74, 6) is -0.881. The number of carbonyl (C=O) groups excluding carboxylic acids is 1. The lowest BCUT2D eigenvalue weighted by molar-refractivity contribution is 0.103. The Morgan fingerprint density at radius 3 is 2.96 bits per heavy atom. The summed E-state index contributed by atoms with van der Waals surface area (Å²) < 4.78 is 13.7. The number of carbonyl (C=O) groups is 1. The van der Waals surface area contributed by atoms with E-state index in [1.807, 2.05) is 6.07 Å². The number of nitrogen functional groups attached to an aromatic ring is 1. The van der Waals surface area contributed by atoms with Gasteiger partial charge in [-0.05, 0) is 43.0 Å². The first-order valence-corrected chi connectivity index (χ1v) is 8.22. The molecule has 4 nitrogen and oxygen atoms in total. The molecule has 4 rings (SSSR count). The molecule has 0 spiro atoms. The zero-order chi connectivity index (χ0) is 16.0. The molecule has 116 valence electrons. The van der Waals surface area contributed by atoms with E-state index in [-0.39, 0.29) is 5.69 Å². The summed E-state index contributed by atoms with van der Waals surface area (Å²) in [7, 11) is 0. The van der Waals surface area contributed by atoms with Crippen molar-refractivity contribution in [1.82, 2.24) is 4.98 Å². The van der Waals surface area contributed by atoms with Gasteiger partial charge in [0.25, 0.3) is 5.91 Å². The van der Waals surface area contributed by atoms with Gasteiger partial charge >= 0.3 is 0 Å². The minimum Gasteiger partial charge on any atom is -0.397 e. The molecule has 6 heteroatoms. The van der Waals surface area contributed by atoms with Gasteiger partial charge in [0, 0.05) is 11.1 Å². The quantitative estimate of drug-likeness (QED) is 0.753. The fourth-order valence-corrected chi connectivity index (χ4v) is 3.90. The third-order valence-corrected chi connectivity index (χ3v) is 5.19. The minimum absolute atomic E-state index is 0.143. The number of hydrogen-bond donors (Lipinski definition) is 2. The van der Waals surface area contributed by atoms with Gasteiger partial charge in [-0.3, -0.25) is 4.79 Å². The number of nitrogens with one attached hydrogen (secondary N) is 1. The van der Waals surface area contributed by atoms with Crippen LogP contribution in [0.2, 0.25) is 0 Å². The number of fused-ring (bicyclic) bond motifs is 2. The van der Waals surface area contributed by atoms with E-state index in [1.165, 1.54) is 29.0 Å². The summed E-state index contributed by atoms with van der Waals surface area (Å²) in [6.07, 6.45) is 3.09. The highest BCUT2D eigenvalue weighted by atomic mass is 32.1. The maximum atomic E-state index is 13.7. The molecule has 0 saturated heterocycles. The lowest BCUT2D eigenvalue weighted by Gasteiger charge is -2.05. The molecule has 0 radical (unpaired) electrons. The summed E-state index contributed by atoms with van der Waals surface area (Å²) in [5.41, 5.74) is 9.01. The molecule has 2 heterocycles. The van der Waals surface area contributed by atoms with Crippen LogP contribution in [0.25, 0.3) is 10.2 Å². The van der Waals surface area contributed by atoms with Gasteiger partial charge < -0.3 is 11.1 Å². The van der Waals surface area contributed by atoms with Gasteiger partial charge in [-0.15, -0.1) is 11.3 Å². The van der Waals surface area contributed by atoms with E-state index in [2.05, 4.69) is 10.3 Å². The van der Waals surface area contributed by atoms with Crippen LogP contribution in [0.3, 0.4) is 0 Å².